The van der Waals surface area contributed by atoms with Crippen molar-refractivity contribution in [2.45, 2.75) is 56.4 Å². The zero-order chi connectivity index (χ0) is 15.5. The van der Waals surface area contributed by atoms with Crippen LogP contribution in [0.25, 0.3) is 0 Å². The van der Waals surface area contributed by atoms with Gasteiger partial charge in [-0.15, -0.1) is 0 Å². The molecule has 2 rings (SSSR count). The van der Waals surface area contributed by atoms with E-state index in [4.69, 9.17) is 0 Å². The number of pyridine rings is 1. The van der Waals surface area contributed by atoms with Crippen LogP contribution in [0.4, 0.5) is 5.82 Å². The fourth-order valence-electron chi connectivity index (χ4n) is 2.74. The van der Waals surface area contributed by atoms with Crippen molar-refractivity contribution in [3.05, 3.63) is 16.7 Å². The zero-order valence-electron chi connectivity index (χ0n) is 12.4. The van der Waals surface area contributed by atoms with Crippen molar-refractivity contribution in [3.8, 4) is 0 Å². The van der Waals surface area contributed by atoms with Crippen LogP contribution in [-0.2, 0) is 10.0 Å². The van der Waals surface area contributed by atoms with E-state index >= 15 is 0 Å². The number of halogens is 1. The smallest absolute Gasteiger partial charge is 0.244 e. The quantitative estimate of drug-likeness (QED) is 0.828. The molecular formula is C14H22BrN3O2S. The fraction of sp³-hybridized carbons (Fsp3) is 0.643. The monoisotopic (exact) mass is 375 g/mol. The Labute approximate surface area is 135 Å². The average Bonchev–Trinajstić information content (AvgIpc) is 2.40. The number of nitrogens with zero attached hydrogens (tertiary/aromatic N) is 1. The van der Waals surface area contributed by atoms with Gasteiger partial charge in [-0.1, -0.05) is 19.3 Å². The summed E-state index contributed by atoms with van der Waals surface area (Å²) in [6, 6.07) is 1.60. The van der Waals surface area contributed by atoms with Gasteiger partial charge in [0, 0.05) is 22.8 Å². The molecule has 1 aliphatic rings. The maximum Gasteiger partial charge on any atom is 0.244 e. The minimum Gasteiger partial charge on any atom is -0.369 e. The first-order valence-corrected chi connectivity index (χ1v) is 9.57. The van der Waals surface area contributed by atoms with Crippen LogP contribution in [0.2, 0.25) is 0 Å². The Morgan fingerprint density at radius 2 is 2.00 bits per heavy atom. The molecule has 1 aromatic heterocycles. The molecule has 0 amide bonds. The lowest BCUT2D eigenvalue weighted by Gasteiger charge is -2.34. The Hall–Kier alpha value is -0.660. The van der Waals surface area contributed by atoms with Gasteiger partial charge in [-0.05, 0) is 48.7 Å². The Kier molecular flexibility index (Phi) is 5.27. The van der Waals surface area contributed by atoms with E-state index in [1.165, 1.54) is 6.42 Å². The first-order chi connectivity index (χ1) is 9.86. The lowest BCUT2D eigenvalue weighted by Crippen LogP contribution is -2.47. The van der Waals surface area contributed by atoms with E-state index in [2.05, 4.69) is 31.0 Å². The number of anilines is 1. The Morgan fingerprint density at radius 1 is 1.33 bits per heavy atom. The number of hydrogen-bond acceptors (Lipinski definition) is 4. The van der Waals surface area contributed by atoms with Crippen LogP contribution in [0.1, 0.15) is 46.0 Å². The first-order valence-electron chi connectivity index (χ1n) is 7.30. The SMILES string of the molecule is CCNc1ncc(Br)cc1S(=O)(=O)NC1(C)CCCCC1. The molecule has 1 saturated carbocycles. The maximum atomic E-state index is 12.7. The van der Waals surface area contributed by atoms with Gasteiger partial charge in [0.1, 0.15) is 10.7 Å². The van der Waals surface area contributed by atoms with Crippen molar-refractivity contribution in [1.29, 1.82) is 0 Å². The molecule has 0 saturated heterocycles. The molecule has 0 atom stereocenters. The second-order valence-corrected chi connectivity index (χ2v) is 8.32. The highest BCUT2D eigenvalue weighted by Gasteiger charge is 2.33. The zero-order valence-corrected chi connectivity index (χ0v) is 14.8. The summed E-state index contributed by atoms with van der Waals surface area (Å²) in [7, 11) is -3.60. The number of hydrogen-bond donors (Lipinski definition) is 2. The Morgan fingerprint density at radius 3 is 2.62 bits per heavy atom. The second-order valence-electron chi connectivity index (χ2n) is 5.76. The summed E-state index contributed by atoms with van der Waals surface area (Å²) in [4.78, 5) is 4.37. The number of sulfonamides is 1. The molecule has 2 N–H and O–H groups in total. The molecular weight excluding hydrogens is 354 g/mol. The van der Waals surface area contributed by atoms with Gasteiger partial charge in [0.2, 0.25) is 10.0 Å². The van der Waals surface area contributed by atoms with Crippen LogP contribution in [0.3, 0.4) is 0 Å². The molecule has 1 heterocycles. The molecule has 0 unspecified atom stereocenters. The van der Waals surface area contributed by atoms with E-state index in [0.29, 0.717) is 16.8 Å². The molecule has 7 heteroatoms. The van der Waals surface area contributed by atoms with Gasteiger partial charge in [-0.25, -0.2) is 18.1 Å². The van der Waals surface area contributed by atoms with Crippen molar-refractivity contribution >= 4 is 31.8 Å². The van der Waals surface area contributed by atoms with Crippen LogP contribution < -0.4 is 10.0 Å². The summed E-state index contributed by atoms with van der Waals surface area (Å²) in [5.41, 5.74) is -0.358. The van der Waals surface area contributed by atoms with Gasteiger partial charge < -0.3 is 5.32 Å². The van der Waals surface area contributed by atoms with Crippen molar-refractivity contribution in [2.24, 2.45) is 0 Å². The second kappa shape index (κ2) is 6.62. The highest BCUT2D eigenvalue weighted by molar-refractivity contribution is 9.10. The third-order valence-electron chi connectivity index (χ3n) is 3.79. The normalized spacial score (nSPS) is 18.4. The molecule has 1 aliphatic carbocycles. The van der Waals surface area contributed by atoms with E-state index in [-0.39, 0.29) is 10.4 Å². The standard InChI is InChI=1S/C14H22BrN3O2S/c1-3-16-13-12(9-11(15)10-17-13)21(19,20)18-14(2)7-5-4-6-8-14/h9-10,18H,3-8H2,1-2H3,(H,16,17). The van der Waals surface area contributed by atoms with Gasteiger partial charge in [-0.2, -0.15) is 0 Å². The Balaban J connectivity index is 2.32. The van der Waals surface area contributed by atoms with E-state index in [1.54, 1.807) is 12.3 Å². The summed E-state index contributed by atoms with van der Waals surface area (Å²) in [6.45, 7) is 4.52. The highest BCUT2D eigenvalue weighted by atomic mass is 79.9. The topological polar surface area (TPSA) is 71.1 Å². The number of aromatic nitrogens is 1. The summed E-state index contributed by atoms with van der Waals surface area (Å²) >= 11 is 3.30. The van der Waals surface area contributed by atoms with Gasteiger partial charge in [-0.3, -0.25) is 0 Å². The van der Waals surface area contributed by atoms with Gasteiger partial charge >= 0.3 is 0 Å². The number of rotatable bonds is 5. The van der Waals surface area contributed by atoms with E-state index < -0.39 is 10.0 Å². The van der Waals surface area contributed by atoms with Crippen molar-refractivity contribution in [1.82, 2.24) is 9.71 Å². The summed E-state index contributed by atoms with van der Waals surface area (Å²) in [5, 5.41) is 3.01. The minimum atomic E-state index is -3.60. The molecule has 0 bridgehead atoms. The fourth-order valence-corrected chi connectivity index (χ4v) is 4.85. The molecule has 118 valence electrons. The lowest BCUT2D eigenvalue weighted by molar-refractivity contribution is 0.294. The van der Waals surface area contributed by atoms with Crippen LogP contribution in [0.5, 0.6) is 0 Å². The average molecular weight is 376 g/mol. The molecule has 5 nitrogen and oxygen atoms in total. The van der Waals surface area contributed by atoms with Crippen LogP contribution in [0.15, 0.2) is 21.6 Å². The van der Waals surface area contributed by atoms with Crippen molar-refractivity contribution < 1.29 is 8.42 Å². The van der Waals surface area contributed by atoms with Crippen LogP contribution in [0, 0.1) is 0 Å². The third-order valence-corrected chi connectivity index (χ3v) is 5.88. The maximum absolute atomic E-state index is 12.7. The summed E-state index contributed by atoms with van der Waals surface area (Å²) < 4.78 is 29.0. The summed E-state index contributed by atoms with van der Waals surface area (Å²) in [6.07, 6.45) is 6.66. The Bertz CT molecular complexity index is 598. The molecule has 0 aromatic carbocycles. The number of nitrogens with one attached hydrogen (secondary N) is 2. The highest BCUT2D eigenvalue weighted by Crippen LogP contribution is 2.31. The van der Waals surface area contributed by atoms with E-state index in [0.717, 1.165) is 25.7 Å². The van der Waals surface area contributed by atoms with Crippen LogP contribution >= 0.6 is 15.9 Å². The minimum absolute atomic E-state index is 0.200. The molecule has 0 spiro atoms. The predicted octanol–water partition coefficient (Wildman–Crippen LogP) is 3.28. The van der Waals surface area contributed by atoms with Crippen molar-refractivity contribution in [3.63, 3.8) is 0 Å². The van der Waals surface area contributed by atoms with Crippen LogP contribution in [-0.4, -0.2) is 25.5 Å². The molecule has 0 radical (unpaired) electrons. The summed E-state index contributed by atoms with van der Waals surface area (Å²) in [5.74, 6) is 0.396. The first kappa shape index (κ1) is 16.7. The molecule has 1 fully saturated rings. The molecule has 0 aliphatic heterocycles. The molecule has 21 heavy (non-hydrogen) atoms. The van der Waals surface area contributed by atoms with E-state index in [1.807, 2.05) is 13.8 Å². The van der Waals surface area contributed by atoms with Crippen molar-refractivity contribution in [2.75, 3.05) is 11.9 Å². The van der Waals surface area contributed by atoms with Gasteiger partial charge in [0.05, 0.1) is 0 Å². The van der Waals surface area contributed by atoms with Gasteiger partial charge in [0.25, 0.3) is 0 Å². The largest absolute Gasteiger partial charge is 0.369 e. The van der Waals surface area contributed by atoms with E-state index in [9.17, 15) is 8.42 Å². The van der Waals surface area contributed by atoms with Gasteiger partial charge in [0.15, 0.2) is 0 Å². The third kappa shape index (κ3) is 4.17. The lowest BCUT2D eigenvalue weighted by atomic mass is 9.84. The predicted molar refractivity (Wildman–Crippen MR) is 87.9 cm³/mol. The molecule has 1 aromatic rings.